The van der Waals surface area contributed by atoms with Gasteiger partial charge < -0.3 is 10.2 Å². The highest BCUT2D eigenvalue weighted by Crippen LogP contribution is 2.20. The third-order valence-corrected chi connectivity index (χ3v) is 4.25. The molecule has 20 heavy (non-hydrogen) atoms. The van der Waals surface area contributed by atoms with Crippen molar-refractivity contribution in [3.8, 4) is 0 Å². The van der Waals surface area contributed by atoms with Crippen molar-refractivity contribution in [2.45, 2.75) is 53.4 Å². The Bertz CT molecular complexity index is 324. The van der Waals surface area contributed by atoms with E-state index in [-0.39, 0.29) is 17.7 Å². The molecule has 4 nitrogen and oxygen atoms in total. The van der Waals surface area contributed by atoms with Gasteiger partial charge in [0.2, 0.25) is 11.8 Å². The monoisotopic (exact) mass is 282 g/mol. The Morgan fingerprint density at radius 3 is 2.45 bits per heavy atom. The van der Waals surface area contributed by atoms with E-state index in [4.69, 9.17) is 0 Å². The number of likely N-dealkylation sites (tertiary alicyclic amines) is 1. The molecule has 1 saturated heterocycles. The molecule has 0 aromatic carbocycles. The second-order valence-electron chi connectivity index (χ2n) is 6.21. The zero-order valence-electron chi connectivity index (χ0n) is 13.4. The predicted octanol–water partition coefficient (Wildman–Crippen LogP) is 2.43. The molecule has 0 saturated carbocycles. The molecule has 4 heteroatoms. The number of carbonyl (C=O) groups is 2. The summed E-state index contributed by atoms with van der Waals surface area (Å²) in [7, 11) is 0. The number of nitrogens with zero attached hydrogens (tertiary/aromatic N) is 1. The number of nitrogens with one attached hydrogen (secondary N) is 1. The van der Waals surface area contributed by atoms with Gasteiger partial charge in [-0.3, -0.25) is 9.59 Å². The van der Waals surface area contributed by atoms with Gasteiger partial charge in [-0.2, -0.15) is 0 Å². The second kappa shape index (κ2) is 8.28. The number of carbonyl (C=O) groups excluding carboxylic acids is 2. The molecule has 1 fully saturated rings. The highest BCUT2D eigenvalue weighted by Gasteiger charge is 2.27. The minimum Gasteiger partial charge on any atom is -0.356 e. The Morgan fingerprint density at radius 1 is 1.25 bits per heavy atom. The molecule has 0 radical (unpaired) electrons. The fourth-order valence-corrected chi connectivity index (χ4v) is 2.78. The molecular weight excluding hydrogens is 252 g/mol. The van der Waals surface area contributed by atoms with E-state index >= 15 is 0 Å². The Morgan fingerprint density at radius 2 is 1.90 bits per heavy atom. The SMILES string of the molecule is CCC(CC)C(=O)N1CCC[C@H](CNC(=O)C(C)C)C1. The van der Waals surface area contributed by atoms with E-state index in [1.165, 1.54) is 0 Å². The van der Waals surface area contributed by atoms with Crippen LogP contribution in [0.25, 0.3) is 0 Å². The first-order chi connectivity index (χ1) is 9.49. The molecule has 1 aliphatic rings. The molecule has 1 rings (SSSR count). The lowest BCUT2D eigenvalue weighted by Crippen LogP contribution is -2.46. The van der Waals surface area contributed by atoms with E-state index in [0.717, 1.165) is 38.8 Å². The van der Waals surface area contributed by atoms with Crippen LogP contribution in [0, 0.1) is 17.8 Å². The van der Waals surface area contributed by atoms with Crippen molar-refractivity contribution in [3.63, 3.8) is 0 Å². The van der Waals surface area contributed by atoms with Crippen molar-refractivity contribution in [1.82, 2.24) is 10.2 Å². The summed E-state index contributed by atoms with van der Waals surface area (Å²) < 4.78 is 0. The Labute approximate surface area is 123 Å². The van der Waals surface area contributed by atoms with E-state index in [9.17, 15) is 9.59 Å². The fraction of sp³-hybridized carbons (Fsp3) is 0.875. The minimum atomic E-state index is 0.0286. The Hall–Kier alpha value is -1.06. The average molecular weight is 282 g/mol. The van der Waals surface area contributed by atoms with Gasteiger partial charge in [-0.25, -0.2) is 0 Å². The molecule has 116 valence electrons. The highest BCUT2D eigenvalue weighted by molar-refractivity contribution is 5.79. The van der Waals surface area contributed by atoms with Crippen LogP contribution >= 0.6 is 0 Å². The van der Waals surface area contributed by atoms with Crippen LogP contribution in [0.15, 0.2) is 0 Å². The molecule has 1 aliphatic heterocycles. The van der Waals surface area contributed by atoms with Gasteiger partial charge in [0.05, 0.1) is 0 Å². The predicted molar refractivity (Wildman–Crippen MR) is 81.2 cm³/mol. The van der Waals surface area contributed by atoms with Gasteiger partial charge in [0, 0.05) is 31.5 Å². The number of rotatable bonds is 6. The lowest BCUT2D eigenvalue weighted by molar-refractivity contribution is -0.137. The van der Waals surface area contributed by atoms with Crippen molar-refractivity contribution in [2.24, 2.45) is 17.8 Å². The molecule has 1 heterocycles. The first-order valence-electron chi connectivity index (χ1n) is 8.06. The van der Waals surface area contributed by atoms with Crippen LogP contribution in [0.4, 0.5) is 0 Å². The van der Waals surface area contributed by atoms with Gasteiger partial charge in [0.15, 0.2) is 0 Å². The van der Waals surface area contributed by atoms with Crippen LogP contribution in [-0.4, -0.2) is 36.3 Å². The number of amides is 2. The van der Waals surface area contributed by atoms with E-state index < -0.39 is 0 Å². The van der Waals surface area contributed by atoms with Crippen LogP contribution in [0.3, 0.4) is 0 Å². The minimum absolute atomic E-state index is 0.0286. The number of piperidine rings is 1. The summed E-state index contributed by atoms with van der Waals surface area (Å²) >= 11 is 0. The molecule has 1 atom stereocenters. The molecule has 0 aromatic heterocycles. The van der Waals surface area contributed by atoms with E-state index in [1.54, 1.807) is 0 Å². The first-order valence-corrected chi connectivity index (χ1v) is 8.06. The maximum Gasteiger partial charge on any atom is 0.225 e. The third-order valence-electron chi connectivity index (χ3n) is 4.25. The topological polar surface area (TPSA) is 49.4 Å². The summed E-state index contributed by atoms with van der Waals surface area (Å²) in [5, 5.41) is 2.99. The summed E-state index contributed by atoms with van der Waals surface area (Å²) in [5.41, 5.74) is 0. The van der Waals surface area contributed by atoms with Crippen molar-refractivity contribution >= 4 is 11.8 Å². The Kier molecular flexibility index (Phi) is 7.03. The number of hydrogen-bond donors (Lipinski definition) is 1. The molecule has 0 aromatic rings. The van der Waals surface area contributed by atoms with Crippen molar-refractivity contribution in [2.75, 3.05) is 19.6 Å². The maximum absolute atomic E-state index is 12.4. The van der Waals surface area contributed by atoms with Crippen molar-refractivity contribution in [1.29, 1.82) is 0 Å². The van der Waals surface area contributed by atoms with E-state index in [0.29, 0.717) is 18.4 Å². The molecule has 2 amide bonds. The smallest absolute Gasteiger partial charge is 0.225 e. The number of hydrogen-bond acceptors (Lipinski definition) is 2. The quantitative estimate of drug-likeness (QED) is 0.813. The average Bonchev–Trinajstić information content (AvgIpc) is 2.46. The normalized spacial score (nSPS) is 19.5. The lowest BCUT2D eigenvalue weighted by Gasteiger charge is -2.35. The van der Waals surface area contributed by atoms with Gasteiger partial charge in [0.25, 0.3) is 0 Å². The van der Waals surface area contributed by atoms with Crippen molar-refractivity contribution < 1.29 is 9.59 Å². The largest absolute Gasteiger partial charge is 0.356 e. The molecular formula is C16H30N2O2. The third kappa shape index (κ3) is 4.80. The van der Waals surface area contributed by atoms with Gasteiger partial charge >= 0.3 is 0 Å². The summed E-state index contributed by atoms with van der Waals surface area (Å²) in [6, 6.07) is 0. The maximum atomic E-state index is 12.4. The molecule has 1 N–H and O–H groups in total. The van der Waals surface area contributed by atoms with Gasteiger partial charge in [0.1, 0.15) is 0 Å². The highest BCUT2D eigenvalue weighted by atomic mass is 16.2. The van der Waals surface area contributed by atoms with Gasteiger partial charge in [-0.15, -0.1) is 0 Å². The molecule has 0 aliphatic carbocycles. The zero-order chi connectivity index (χ0) is 15.1. The van der Waals surface area contributed by atoms with Crippen LogP contribution in [0.1, 0.15) is 53.4 Å². The first kappa shape index (κ1) is 17.0. The molecule has 0 unspecified atom stereocenters. The van der Waals surface area contributed by atoms with Crippen LogP contribution in [0.5, 0.6) is 0 Å². The van der Waals surface area contributed by atoms with E-state index in [2.05, 4.69) is 19.2 Å². The summed E-state index contributed by atoms with van der Waals surface area (Å²) in [6.45, 7) is 10.3. The standard InChI is InChI=1S/C16H30N2O2/c1-5-14(6-2)16(20)18-9-7-8-13(11-18)10-17-15(19)12(3)4/h12-14H,5-11H2,1-4H3,(H,17,19)/t13-/m1/s1. The van der Waals surface area contributed by atoms with E-state index in [1.807, 2.05) is 18.7 Å². The zero-order valence-corrected chi connectivity index (χ0v) is 13.4. The summed E-state index contributed by atoms with van der Waals surface area (Å²) in [6.07, 6.45) is 3.99. The molecule has 0 spiro atoms. The summed E-state index contributed by atoms with van der Waals surface area (Å²) in [5.74, 6) is 1.01. The van der Waals surface area contributed by atoms with Crippen LogP contribution in [-0.2, 0) is 9.59 Å². The fourth-order valence-electron chi connectivity index (χ4n) is 2.78. The van der Waals surface area contributed by atoms with Gasteiger partial charge in [-0.05, 0) is 31.6 Å². The van der Waals surface area contributed by atoms with Gasteiger partial charge in [-0.1, -0.05) is 27.7 Å². The van der Waals surface area contributed by atoms with Crippen molar-refractivity contribution in [3.05, 3.63) is 0 Å². The van der Waals surface area contributed by atoms with Crippen LogP contribution < -0.4 is 5.32 Å². The molecule has 0 bridgehead atoms. The second-order valence-corrected chi connectivity index (χ2v) is 6.21. The van der Waals surface area contributed by atoms with Crippen LogP contribution in [0.2, 0.25) is 0 Å². The Balaban J connectivity index is 2.46. The lowest BCUT2D eigenvalue weighted by atomic mass is 9.94. The summed E-state index contributed by atoms with van der Waals surface area (Å²) in [4.78, 5) is 26.0.